The van der Waals surface area contributed by atoms with E-state index in [2.05, 4.69) is 36.6 Å². The first-order valence-corrected chi connectivity index (χ1v) is 7.22. The first-order chi connectivity index (χ1) is 9.31. The Morgan fingerprint density at radius 2 is 2.16 bits per heavy atom. The lowest BCUT2D eigenvalue weighted by Crippen LogP contribution is -2.08. The highest BCUT2D eigenvalue weighted by Gasteiger charge is 2.25. The number of nitrogens with zero attached hydrogens (tertiary/aromatic N) is 1. The Hall–Kier alpha value is -1.61. The van der Waals surface area contributed by atoms with Crippen LogP contribution in [-0.2, 0) is 6.42 Å². The first-order valence-electron chi connectivity index (χ1n) is 7.22. The molecule has 1 heterocycles. The number of nitrogen functional groups attached to an aromatic ring is 1. The van der Waals surface area contributed by atoms with Gasteiger partial charge in [-0.3, -0.25) is 10.8 Å². The average molecular weight is 255 g/mol. The number of nitrogens with one attached hydrogen (secondary N) is 1. The van der Waals surface area contributed by atoms with Crippen LogP contribution in [0.15, 0.2) is 24.3 Å². The molecule has 0 bridgehead atoms. The second-order valence-electron chi connectivity index (χ2n) is 5.47. The number of nitrogens with two attached hydrogens (primary N) is 1. The van der Waals surface area contributed by atoms with Crippen LogP contribution in [0.2, 0.25) is 0 Å². The molecule has 1 aromatic carbocycles. The summed E-state index contributed by atoms with van der Waals surface area (Å²) in [5.74, 6) is 6.33. The van der Waals surface area contributed by atoms with Gasteiger partial charge in [-0.1, -0.05) is 19.4 Å². The molecule has 3 heteroatoms. The number of rotatable bonds is 5. The van der Waals surface area contributed by atoms with Gasteiger partial charge in [-0.2, -0.15) is 0 Å². The highest BCUT2D eigenvalue weighted by Crippen LogP contribution is 2.41. The molecule has 100 valence electrons. The van der Waals surface area contributed by atoms with Gasteiger partial charge in [0.1, 0.15) is 0 Å². The minimum Gasteiger partial charge on any atom is -0.323 e. The quantitative estimate of drug-likeness (QED) is 0.632. The molecule has 3 nitrogen and oxygen atoms in total. The van der Waals surface area contributed by atoms with Gasteiger partial charge in [0.15, 0.2) is 0 Å². The third-order valence-corrected chi connectivity index (χ3v) is 3.86. The van der Waals surface area contributed by atoms with Crippen LogP contribution in [0.3, 0.4) is 0 Å². The van der Waals surface area contributed by atoms with E-state index in [4.69, 9.17) is 10.8 Å². The number of aryl methyl sites for hydroxylation is 1. The van der Waals surface area contributed by atoms with Crippen molar-refractivity contribution in [1.29, 1.82) is 0 Å². The molecule has 1 aliphatic carbocycles. The summed E-state index contributed by atoms with van der Waals surface area (Å²) >= 11 is 0. The molecule has 0 amide bonds. The van der Waals surface area contributed by atoms with Crippen molar-refractivity contribution in [2.24, 2.45) is 5.84 Å². The van der Waals surface area contributed by atoms with Crippen LogP contribution < -0.4 is 11.3 Å². The van der Waals surface area contributed by atoms with Crippen molar-refractivity contribution < 1.29 is 0 Å². The molecule has 1 fully saturated rings. The fraction of sp³-hybridized carbons (Fsp3) is 0.438. The van der Waals surface area contributed by atoms with E-state index in [1.54, 1.807) is 0 Å². The summed E-state index contributed by atoms with van der Waals surface area (Å²) in [4.78, 5) is 4.77. The Morgan fingerprint density at radius 1 is 1.32 bits per heavy atom. The van der Waals surface area contributed by atoms with Gasteiger partial charge in [0.25, 0.3) is 0 Å². The van der Waals surface area contributed by atoms with Crippen LogP contribution in [0.5, 0.6) is 0 Å². The molecule has 2 aromatic rings. The van der Waals surface area contributed by atoms with Gasteiger partial charge in [0.05, 0.1) is 11.2 Å². The number of aromatic nitrogens is 1. The minimum absolute atomic E-state index is 0.649. The molecular formula is C16H21N3. The van der Waals surface area contributed by atoms with E-state index < -0.39 is 0 Å². The molecule has 3 N–H and O–H groups in total. The lowest BCUT2D eigenvalue weighted by Gasteiger charge is -2.10. The van der Waals surface area contributed by atoms with Gasteiger partial charge in [-0.25, -0.2) is 0 Å². The van der Waals surface area contributed by atoms with Gasteiger partial charge >= 0.3 is 0 Å². The first kappa shape index (κ1) is 12.4. The minimum atomic E-state index is 0.649. The predicted molar refractivity (Wildman–Crippen MR) is 80.1 cm³/mol. The molecule has 0 saturated heterocycles. The van der Waals surface area contributed by atoms with Crippen molar-refractivity contribution in [2.45, 2.75) is 44.9 Å². The third kappa shape index (κ3) is 2.56. The zero-order chi connectivity index (χ0) is 13.2. The molecule has 1 aliphatic rings. The predicted octanol–water partition coefficient (Wildman–Crippen LogP) is 3.74. The largest absolute Gasteiger partial charge is 0.323 e. The van der Waals surface area contributed by atoms with Crippen molar-refractivity contribution in [3.63, 3.8) is 0 Å². The summed E-state index contributed by atoms with van der Waals surface area (Å²) < 4.78 is 0. The number of pyridine rings is 1. The van der Waals surface area contributed by atoms with Crippen LogP contribution in [-0.4, -0.2) is 4.98 Å². The number of hydrazine groups is 1. The fourth-order valence-corrected chi connectivity index (χ4v) is 2.54. The molecular weight excluding hydrogens is 234 g/mol. The summed E-state index contributed by atoms with van der Waals surface area (Å²) in [6, 6.07) is 8.67. The number of unbranched alkanes of at least 4 members (excludes halogenated alkanes) is 1. The van der Waals surface area contributed by atoms with Crippen molar-refractivity contribution in [3.8, 4) is 0 Å². The van der Waals surface area contributed by atoms with Gasteiger partial charge in [0.2, 0.25) is 0 Å². The van der Waals surface area contributed by atoms with E-state index in [0.717, 1.165) is 23.0 Å². The van der Waals surface area contributed by atoms with E-state index in [1.807, 2.05) is 0 Å². The highest BCUT2D eigenvalue weighted by atomic mass is 15.2. The van der Waals surface area contributed by atoms with Gasteiger partial charge < -0.3 is 5.43 Å². The van der Waals surface area contributed by atoms with E-state index >= 15 is 0 Å². The Kier molecular flexibility index (Phi) is 3.38. The van der Waals surface area contributed by atoms with Crippen molar-refractivity contribution in [3.05, 3.63) is 35.5 Å². The number of hydrogen-bond acceptors (Lipinski definition) is 3. The normalized spacial score (nSPS) is 14.8. The summed E-state index contributed by atoms with van der Waals surface area (Å²) in [5.41, 5.74) is 7.44. The molecule has 3 rings (SSSR count). The number of fused-ring (bicyclic) bond motifs is 1. The molecule has 0 spiro atoms. The van der Waals surface area contributed by atoms with E-state index in [9.17, 15) is 0 Å². The fourth-order valence-electron chi connectivity index (χ4n) is 2.54. The highest BCUT2D eigenvalue weighted by molar-refractivity contribution is 5.91. The zero-order valence-corrected chi connectivity index (χ0v) is 11.4. The van der Waals surface area contributed by atoms with Crippen LogP contribution in [0, 0.1) is 0 Å². The molecule has 0 radical (unpaired) electrons. The Bertz CT molecular complexity index is 588. The number of hydrogen-bond donors (Lipinski definition) is 2. The molecule has 0 unspecified atom stereocenters. The van der Waals surface area contributed by atoms with Crippen LogP contribution in [0.4, 0.5) is 5.69 Å². The maximum atomic E-state index is 5.68. The van der Waals surface area contributed by atoms with Crippen LogP contribution >= 0.6 is 0 Å². The maximum Gasteiger partial charge on any atom is 0.0726 e. The number of benzene rings is 1. The molecule has 0 aliphatic heterocycles. The summed E-state index contributed by atoms with van der Waals surface area (Å²) in [7, 11) is 0. The van der Waals surface area contributed by atoms with Crippen molar-refractivity contribution in [1.82, 2.24) is 4.98 Å². The van der Waals surface area contributed by atoms with E-state index in [-0.39, 0.29) is 0 Å². The topological polar surface area (TPSA) is 50.9 Å². The lowest BCUT2D eigenvalue weighted by atomic mass is 10.0. The smallest absolute Gasteiger partial charge is 0.0726 e. The van der Waals surface area contributed by atoms with Crippen LogP contribution in [0.1, 0.15) is 49.8 Å². The molecule has 1 aromatic heterocycles. The molecule has 1 saturated carbocycles. The Labute approximate surface area is 114 Å². The van der Waals surface area contributed by atoms with E-state index in [0.29, 0.717) is 5.92 Å². The van der Waals surface area contributed by atoms with Gasteiger partial charge in [-0.15, -0.1) is 0 Å². The molecule has 19 heavy (non-hydrogen) atoms. The lowest BCUT2D eigenvalue weighted by molar-refractivity contribution is 0.796. The third-order valence-electron chi connectivity index (χ3n) is 3.86. The van der Waals surface area contributed by atoms with Gasteiger partial charge in [-0.05, 0) is 49.4 Å². The summed E-state index contributed by atoms with van der Waals surface area (Å²) in [6.07, 6.45) is 6.10. The Morgan fingerprint density at radius 3 is 2.84 bits per heavy atom. The monoisotopic (exact) mass is 255 g/mol. The van der Waals surface area contributed by atoms with Gasteiger partial charge in [0, 0.05) is 17.0 Å². The van der Waals surface area contributed by atoms with Crippen molar-refractivity contribution in [2.75, 3.05) is 5.43 Å². The molecule has 0 atom stereocenters. The maximum absolute atomic E-state index is 5.68. The summed E-state index contributed by atoms with van der Waals surface area (Å²) in [5, 5.41) is 1.14. The average Bonchev–Trinajstić information content (AvgIpc) is 3.28. The van der Waals surface area contributed by atoms with Crippen molar-refractivity contribution >= 4 is 16.6 Å². The zero-order valence-electron chi connectivity index (χ0n) is 11.4. The standard InChI is InChI=1S/C16H21N3/c1-2-3-4-11-5-8-14-13(9-11)16(19-17)10-15(18-14)12-6-7-12/h5,8-10,12H,2-4,6-7,17H2,1H3,(H,18,19). The summed E-state index contributed by atoms with van der Waals surface area (Å²) in [6.45, 7) is 2.22. The van der Waals surface area contributed by atoms with E-state index in [1.165, 1.54) is 36.9 Å². The number of anilines is 1. The van der Waals surface area contributed by atoms with Crippen LogP contribution in [0.25, 0.3) is 10.9 Å². The second-order valence-corrected chi connectivity index (χ2v) is 5.47. The Balaban J connectivity index is 2.03. The second kappa shape index (κ2) is 5.17. The SMILES string of the molecule is CCCCc1ccc2nc(C3CC3)cc(NN)c2c1.